The van der Waals surface area contributed by atoms with Crippen molar-refractivity contribution in [1.82, 2.24) is 5.32 Å². The molecule has 1 aromatic carbocycles. The third kappa shape index (κ3) is 3.14. The maximum atomic E-state index is 9.71. The second-order valence-electron chi connectivity index (χ2n) is 5.04. The monoisotopic (exact) mass is 253 g/mol. The molecule has 0 saturated heterocycles. The van der Waals surface area contributed by atoms with Gasteiger partial charge in [0.1, 0.15) is 5.75 Å². The van der Waals surface area contributed by atoms with Crippen LogP contribution in [0, 0.1) is 11.8 Å². The van der Waals surface area contributed by atoms with Crippen LogP contribution in [0.2, 0.25) is 5.02 Å². The molecule has 2 atom stereocenters. The van der Waals surface area contributed by atoms with Crippen molar-refractivity contribution in [2.45, 2.75) is 32.7 Å². The number of hydrogen-bond acceptors (Lipinski definition) is 2. The molecule has 1 aliphatic carbocycles. The molecule has 1 saturated carbocycles. The molecule has 0 spiro atoms. The van der Waals surface area contributed by atoms with Gasteiger partial charge < -0.3 is 10.4 Å². The smallest absolute Gasteiger partial charge is 0.121 e. The first-order chi connectivity index (χ1) is 8.18. The molecule has 2 rings (SSSR count). The minimum atomic E-state index is 0.282. The topological polar surface area (TPSA) is 32.3 Å². The highest BCUT2D eigenvalue weighted by molar-refractivity contribution is 6.31. The Kier molecular flexibility index (Phi) is 4.30. The molecule has 17 heavy (non-hydrogen) atoms. The fourth-order valence-electron chi connectivity index (χ4n) is 2.63. The first kappa shape index (κ1) is 12.7. The van der Waals surface area contributed by atoms with Crippen LogP contribution >= 0.6 is 11.6 Å². The number of benzene rings is 1. The largest absolute Gasteiger partial charge is 0.508 e. The number of hydrogen-bond donors (Lipinski definition) is 2. The Hall–Kier alpha value is -0.730. The highest BCUT2D eigenvalue weighted by Gasteiger charge is 2.22. The fourth-order valence-corrected chi connectivity index (χ4v) is 2.87. The summed E-state index contributed by atoms with van der Waals surface area (Å²) in [5, 5.41) is 13.8. The molecule has 1 aliphatic rings. The van der Waals surface area contributed by atoms with Crippen molar-refractivity contribution < 1.29 is 5.11 Å². The highest BCUT2D eigenvalue weighted by atomic mass is 35.5. The lowest BCUT2D eigenvalue weighted by atomic mass is 9.98. The van der Waals surface area contributed by atoms with Crippen LogP contribution in [0.25, 0.3) is 0 Å². The van der Waals surface area contributed by atoms with Gasteiger partial charge in [-0.25, -0.2) is 0 Å². The van der Waals surface area contributed by atoms with Crippen LogP contribution < -0.4 is 5.32 Å². The quantitative estimate of drug-likeness (QED) is 0.860. The van der Waals surface area contributed by atoms with Crippen LogP contribution in [0.5, 0.6) is 5.75 Å². The Balaban J connectivity index is 1.86. The summed E-state index contributed by atoms with van der Waals surface area (Å²) < 4.78 is 0. The zero-order valence-corrected chi connectivity index (χ0v) is 11.0. The number of phenols is 1. The Morgan fingerprint density at radius 3 is 2.88 bits per heavy atom. The molecule has 0 aliphatic heterocycles. The minimum absolute atomic E-state index is 0.282. The lowest BCUT2D eigenvalue weighted by Crippen LogP contribution is -2.24. The van der Waals surface area contributed by atoms with Gasteiger partial charge in [0.05, 0.1) is 0 Å². The molecule has 1 fully saturated rings. The average molecular weight is 254 g/mol. The molecular formula is C14H20ClNO. The molecule has 2 unspecified atom stereocenters. The van der Waals surface area contributed by atoms with Gasteiger partial charge in [0.15, 0.2) is 0 Å². The van der Waals surface area contributed by atoms with E-state index in [1.807, 2.05) is 6.07 Å². The van der Waals surface area contributed by atoms with Gasteiger partial charge >= 0.3 is 0 Å². The average Bonchev–Trinajstić information content (AvgIpc) is 2.69. The van der Waals surface area contributed by atoms with E-state index in [0.29, 0.717) is 11.6 Å². The van der Waals surface area contributed by atoms with E-state index in [1.165, 1.54) is 19.3 Å². The summed E-state index contributed by atoms with van der Waals surface area (Å²) in [5.41, 5.74) is 0.805. The molecule has 2 N–H and O–H groups in total. The van der Waals surface area contributed by atoms with Gasteiger partial charge in [0.2, 0.25) is 0 Å². The lowest BCUT2D eigenvalue weighted by molar-refractivity contribution is 0.389. The Bertz CT molecular complexity index is 360. The van der Waals surface area contributed by atoms with Crippen LogP contribution in [-0.2, 0) is 6.54 Å². The molecule has 94 valence electrons. The van der Waals surface area contributed by atoms with Crippen LogP contribution in [0.15, 0.2) is 18.2 Å². The van der Waals surface area contributed by atoms with Gasteiger partial charge in [-0.05, 0) is 36.9 Å². The van der Waals surface area contributed by atoms with Crippen molar-refractivity contribution in [1.29, 1.82) is 0 Å². The minimum Gasteiger partial charge on any atom is -0.508 e. The number of nitrogens with one attached hydrogen (secondary N) is 1. The third-order valence-corrected chi connectivity index (χ3v) is 4.20. The van der Waals surface area contributed by atoms with Gasteiger partial charge in [-0.1, -0.05) is 37.4 Å². The van der Waals surface area contributed by atoms with E-state index < -0.39 is 0 Å². The lowest BCUT2D eigenvalue weighted by Gasteiger charge is -2.16. The predicted molar refractivity (Wildman–Crippen MR) is 71.3 cm³/mol. The van der Waals surface area contributed by atoms with E-state index in [2.05, 4.69) is 12.2 Å². The second-order valence-corrected chi connectivity index (χ2v) is 5.44. The number of aromatic hydroxyl groups is 1. The summed E-state index contributed by atoms with van der Waals surface area (Å²) in [4.78, 5) is 0. The summed E-state index contributed by atoms with van der Waals surface area (Å²) in [6.45, 7) is 3.99. The summed E-state index contributed by atoms with van der Waals surface area (Å²) >= 11 is 6.05. The maximum Gasteiger partial charge on any atom is 0.121 e. The van der Waals surface area contributed by atoms with Crippen LogP contribution in [0.4, 0.5) is 0 Å². The SMILES string of the molecule is CC1CCCC1CNCc1c(O)cccc1Cl. The summed E-state index contributed by atoms with van der Waals surface area (Å²) in [6.07, 6.45) is 4.03. The van der Waals surface area contributed by atoms with Gasteiger partial charge in [-0.2, -0.15) is 0 Å². The van der Waals surface area contributed by atoms with Crippen molar-refractivity contribution in [3.63, 3.8) is 0 Å². The van der Waals surface area contributed by atoms with Gasteiger partial charge in [-0.15, -0.1) is 0 Å². The molecule has 0 aromatic heterocycles. The molecule has 2 nitrogen and oxygen atoms in total. The van der Waals surface area contributed by atoms with Crippen LogP contribution in [0.3, 0.4) is 0 Å². The second kappa shape index (κ2) is 5.74. The zero-order valence-electron chi connectivity index (χ0n) is 10.2. The van der Waals surface area contributed by atoms with E-state index in [1.54, 1.807) is 12.1 Å². The van der Waals surface area contributed by atoms with Crippen molar-refractivity contribution in [2.24, 2.45) is 11.8 Å². The molecule has 3 heteroatoms. The summed E-state index contributed by atoms with van der Waals surface area (Å²) in [5.74, 6) is 1.88. The van der Waals surface area contributed by atoms with Crippen molar-refractivity contribution in [2.75, 3.05) is 6.54 Å². The number of phenolic OH excluding ortho intramolecular Hbond substituents is 1. The Morgan fingerprint density at radius 2 is 2.24 bits per heavy atom. The standard InChI is InChI=1S/C14H20ClNO/c1-10-4-2-5-11(10)8-16-9-12-13(15)6-3-7-14(12)17/h3,6-7,10-11,16-17H,2,4-5,8-9H2,1H3. The summed E-state index contributed by atoms with van der Waals surface area (Å²) in [6, 6.07) is 5.26. The predicted octanol–water partition coefficient (Wildman–Crippen LogP) is 3.57. The first-order valence-electron chi connectivity index (χ1n) is 6.35. The van der Waals surface area contributed by atoms with E-state index in [0.717, 1.165) is 23.9 Å². The molecule has 1 aromatic rings. The molecule has 0 heterocycles. The molecule has 0 radical (unpaired) electrons. The van der Waals surface area contributed by atoms with Gasteiger partial charge in [-0.3, -0.25) is 0 Å². The maximum absolute atomic E-state index is 9.71. The molecule has 0 amide bonds. The van der Waals surface area contributed by atoms with Gasteiger partial charge in [0.25, 0.3) is 0 Å². The normalized spacial score (nSPS) is 24.1. The summed E-state index contributed by atoms with van der Waals surface area (Å²) in [7, 11) is 0. The fraction of sp³-hybridized carbons (Fsp3) is 0.571. The van der Waals surface area contributed by atoms with Crippen LogP contribution in [-0.4, -0.2) is 11.7 Å². The molecule has 0 bridgehead atoms. The van der Waals surface area contributed by atoms with Crippen molar-refractivity contribution >= 4 is 11.6 Å². The Labute approximate surface area is 108 Å². The van der Waals surface area contributed by atoms with Crippen LogP contribution in [0.1, 0.15) is 31.7 Å². The van der Waals surface area contributed by atoms with E-state index in [-0.39, 0.29) is 5.75 Å². The van der Waals surface area contributed by atoms with Gasteiger partial charge in [0, 0.05) is 17.1 Å². The van der Waals surface area contributed by atoms with E-state index in [9.17, 15) is 5.11 Å². The Morgan fingerprint density at radius 1 is 1.41 bits per heavy atom. The number of rotatable bonds is 4. The van der Waals surface area contributed by atoms with Crippen molar-refractivity contribution in [3.05, 3.63) is 28.8 Å². The zero-order chi connectivity index (χ0) is 12.3. The van der Waals surface area contributed by atoms with Crippen molar-refractivity contribution in [3.8, 4) is 5.75 Å². The highest BCUT2D eigenvalue weighted by Crippen LogP contribution is 2.31. The number of halogens is 1. The van der Waals surface area contributed by atoms with E-state index in [4.69, 9.17) is 11.6 Å². The first-order valence-corrected chi connectivity index (χ1v) is 6.73. The third-order valence-electron chi connectivity index (χ3n) is 3.84. The molecular weight excluding hydrogens is 234 g/mol. The van der Waals surface area contributed by atoms with E-state index >= 15 is 0 Å².